The molecule has 0 radical (unpaired) electrons. The van der Waals surface area contributed by atoms with E-state index in [1.165, 1.54) is 6.07 Å². The molecule has 1 atom stereocenters. The third-order valence-electron chi connectivity index (χ3n) is 2.53. The number of carbonyl (C=O) groups is 1. The molecule has 0 bridgehead atoms. The van der Waals surface area contributed by atoms with E-state index in [1.54, 1.807) is 36.4 Å². The lowest BCUT2D eigenvalue weighted by molar-refractivity contribution is -0.145. The van der Waals surface area contributed by atoms with E-state index < -0.39 is 12.1 Å². The smallest absolute Gasteiger partial charge is 0.349 e. The maximum absolute atomic E-state index is 11.4. The van der Waals surface area contributed by atoms with Gasteiger partial charge in [0.2, 0.25) is 6.10 Å². The number of rotatable bonds is 4. The second-order valence-corrected chi connectivity index (χ2v) is 5.64. The van der Waals surface area contributed by atoms with Crippen molar-refractivity contribution >= 4 is 45.1 Å². The Balaban J connectivity index is 2.38. The van der Waals surface area contributed by atoms with Gasteiger partial charge < -0.3 is 9.84 Å². The molecule has 6 heteroatoms. The van der Waals surface area contributed by atoms with Gasteiger partial charge in [0.05, 0.1) is 9.50 Å². The Morgan fingerprint density at radius 2 is 1.85 bits per heavy atom. The first kappa shape index (κ1) is 15.2. The van der Waals surface area contributed by atoms with Gasteiger partial charge in [-0.15, -0.1) is 0 Å². The van der Waals surface area contributed by atoms with Gasteiger partial charge in [-0.2, -0.15) is 0 Å². The number of carboxylic acid groups (broad SMARTS) is 1. The molecule has 0 amide bonds. The van der Waals surface area contributed by atoms with Crippen molar-refractivity contribution in [2.75, 3.05) is 0 Å². The molecule has 0 heterocycles. The minimum atomic E-state index is -1.15. The van der Waals surface area contributed by atoms with Gasteiger partial charge in [0.25, 0.3) is 0 Å². The lowest BCUT2D eigenvalue weighted by atomic mass is 10.1. The summed E-state index contributed by atoms with van der Waals surface area (Å²) >= 11 is 15.2. The summed E-state index contributed by atoms with van der Waals surface area (Å²) in [5, 5.41) is 9.99. The average molecular weight is 376 g/mol. The van der Waals surface area contributed by atoms with E-state index in [2.05, 4.69) is 15.9 Å². The molecule has 2 rings (SSSR count). The van der Waals surface area contributed by atoms with Gasteiger partial charge in [-0.05, 0) is 28.1 Å². The molecule has 0 aliphatic heterocycles. The SMILES string of the molecule is O=C(O)C(Oc1c(Cl)cc(Cl)cc1Br)c1ccccc1. The van der Waals surface area contributed by atoms with Gasteiger partial charge in [0.1, 0.15) is 0 Å². The van der Waals surface area contributed by atoms with Crippen LogP contribution in [0.5, 0.6) is 5.75 Å². The first-order valence-corrected chi connectivity index (χ1v) is 7.13. The Hall–Kier alpha value is -1.23. The summed E-state index contributed by atoms with van der Waals surface area (Å²) in [7, 11) is 0. The minimum Gasteiger partial charge on any atom is -0.478 e. The first-order valence-electron chi connectivity index (χ1n) is 5.58. The van der Waals surface area contributed by atoms with Gasteiger partial charge in [-0.3, -0.25) is 0 Å². The molecule has 104 valence electrons. The molecule has 3 nitrogen and oxygen atoms in total. The van der Waals surface area contributed by atoms with Crippen molar-refractivity contribution < 1.29 is 14.6 Å². The third kappa shape index (κ3) is 3.45. The predicted octanol–water partition coefficient (Wildman–Crippen LogP) is 4.96. The van der Waals surface area contributed by atoms with Crippen LogP contribution in [0, 0.1) is 0 Å². The predicted molar refractivity (Wildman–Crippen MR) is 81.6 cm³/mol. The summed E-state index contributed by atoms with van der Waals surface area (Å²) in [5.74, 6) is -0.860. The Kier molecular flexibility index (Phi) is 4.91. The summed E-state index contributed by atoms with van der Waals surface area (Å²) in [5.41, 5.74) is 0.526. The van der Waals surface area contributed by atoms with E-state index in [4.69, 9.17) is 27.9 Å². The number of benzene rings is 2. The molecular formula is C14H9BrCl2O3. The maximum atomic E-state index is 11.4. The highest BCUT2D eigenvalue weighted by Gasteiger charge is 2.24. The molecule has 0 spiro atoms. The van der Waals surface area contributed by atoms with E-state index in [9.17, 15) is 9.90 Å². The number of carboxylic acids is 1. The minimum absolute atomic E-state index is 0.242. The summed E-state index contributed by atoms with van der Waals surface area (Å²) in [6.45, 7) is 0. The van der Waals surface area contributed by atoms with Crippen LogP contribution in [0.2, 0.25) is 10.0 Å². The first-order chi connectivity index (χ1) is 9.49. The van der Waals surface area contributed by atoms with Crippen LogP contribution in [-0.4, -0.2) is 11.1 Å². The van der Waals surface area contributed by atoms with Crippen LogP contribution in [0.1, 0.15) is 11.7 Å². The highest BCUT2D eigenvalue weighted by molar-refractivity contribution is 9.10. The summed E-state index contributed by atoms with van der Waals surface area (Å²) in [6.07, 6.45) is -1.15. The lowest BCUT2D eigenvalue weighted by Crippen LogP contribution is -2.18. The van der Waals surface area contributed by atoms with Crippen molar-refractivity contribution in [2.45, 2.75) is 6.10 Å². The molecule has 0 aliphatic rings. The fraction of sp³-hybridized carbons (Fsp3) is 0.0714. The monoisotopic (exact) mass is 374 g/mol. The van der Waals surface area contributed by atoms with Crippen LogP contribution in [-0.2, 0) is 4.79 Å². The second kappa shape index (κ2) is 6.48. The quantitative estimate of drug-likeness (QED) is 0.821. The fourth-order valence-electron chi connectivity index (χ4n) is 1.65. The standard InChI is InChI=1S/C14H9BrCl2O3/c15-10-6-9(16)7-11(17)13(10)20-12(14(18)19)8-4-2-1-3-5-8/h1-7,12H,(H,18,19). The zero-order valence-electron chi connectivity index (χ0n) is 10.0. The number of ether oxygens (including phenoxy) is 1. The zero-order valence-corrected chi connectivity index (χ0v) is 13.1. The number of hydrogen-bond donors (Lipinski definition) is 1. The van der Waals surface area contributed by atoms with E-state index in [0.717, 1.165) is 0 Å². The van der Waals surface area contributed by atoms with Crippen molar-refractivity contribution in [3.63, 3.8) is 0 Å². The van der Waals surface area contributed by atoms with Gasteiger partial charge >= 0.3 is 5.97 Å². The van der Waals surface area contributed by atoms with E-state index in [-0.39, 0.29) is 10.8 Å². The normalized spacial score (nSPS) is 11.9. The van der Waals surface area contributed by atoms with Crippen molar-refractivity contribution in [2.24, 2.45) is 0 Å². The third-order valence-corrected chi connectivity index (χ3v) is 3.61. The Morgan fingerprint density at radius 3 is 2.40 bits per heavy atom. The zero-order chi connectivity index (χ0) is 14.7. The van der Waals surface area contributed by atoms with Crippen molar-refractivity contribution in [3.05, 3.63) is 62.5 Å². The maximum Gasteiger partial charge on any atom is 0.349 e. The van der Waals surface area contributed by atoms with Crippen molar-refractivity contribution in [1.29, 1.82) is 0 Å². The molecule has 2 aromatic carbocycles. The van der Waals surface area contributed by atoms with Crippen LogP contribution in [0.25, 0.3) is 0 Å². The van der Waals surface area contributed by atoms with Crippen LogP contribution in [0.15, 0.2) is 46.9 Å². The Morgan fingerprint density at radius 1 is 1.20 bits per heavy atom. The van der Waals surface area contributed by atoms with Gasteiger partial charge in [0, 0.05) is 10.6 Å². The molecule has 0 saturated carbocycles. The molecule has 20 heavy (non-hydrogen) atoms. The van der Waals surface area contributed by atoms with E-state index in [1.807, 2.05) is 0 Å². The largest absolute Gasteiger partial charge is 0.478 e. The summed E-state index contributed by atoms with van der Waals surface area (Å²) in [6, 6.07) is 11.7. The number of hydrogen-bond acceptors (Lipinski definition) is 2. The molecule has 1 unspecified atom stereocenters. The Labute approximate surface area is 134 Å². The molecule has 1 N–H and O–H groups in total. The lowest BCUT2D eigenvalue weighted by Gasteiger charge is -2.17. The van der Waals surface area contributed by atoms with Crippen LogP contribution in [0.3, 0.4) is 0 Å². The highest BCUT2D eigenvalue weighted by atomic mass is 79.9. The number of aliphatic carboxylic acids is 1. The molecule has 2 aromatic rings. The Bertz CT molecular complexity index is 609. The van der Waals surface area contributed by atoms with E-state index >= 15 is 0 Å². The van der Waals surface area contributed by atoms with Crippen molar-refractivity contribution in [3.8, 4) is 5.75 Å². The molecule has 0 fully saturated rings. The molecular weight excluding hydrogens is 367 g/mol. The molecule has 0 aromatic heterocycles. The van der Waals surface area contributed by atoms with Crippen molar-refractivity contribution in [1.82, 2.24) is 0 Å². The van der Waals surface area contributed by atoms with Gasteiger partial charge in [-0.1, -0.05) is 53.5 Å². The van der Waals surface area contributed by atoms with Crippen LogP contribution < -0.4 is 4.74 Å². The molecule has 0 saturated heterocycles. The topological polar surface area (TPSA) is 46.5 Å². The van der Waals surface area contributed by atoms with Crippen LogP contribution in [0.4, 0.5) is 0 Å². The summed E-state index contributed by atoms with van der Waals surface area (Å²) < 4.78 is 6.04. The highest BCUT2D eigenvalue weighted by Crippen LogP contribution is 2.38. The number of halogens is 3. The van der Waals surface area contributed by atoms with Gasteiger partial charge in [-0.25, -0.2) is 4.79 Å². The fourth-order valence-corrected chi connectivity index (χ4v) is 2.99. The second-order valence-electron chi connectivity index (χ2n) is 3.95. The molecule has 0 aliphatic carbocycles. The average Bonchev–Trinajstić information content (AvgIpc) is 2.38. The summed E-state index contributed by atoms with van der Waals surface area (Å²) in [4.78, 5) is 11.4. The van der Waals surface area contributed by atoms with Crippen LogP contribution >= 0.6 is 39.1 Å². The van der Waals surface area contributed by atoms with Gasteiger partial charge in [0.15, 0.2) is 5.75 Å². The van der Waals surface area contributed by atoms with E-state index in [0.29, 0.717) is 15.1 Å².